The molecule has 48 heavy (non-hydrogen) atoms. The largest absolute Gasteiger partial charge is 0.508 e. The van der Waals surface area contributed by atoms with E-state index in [1.54, 1.807) is 24.3 Å². The molecule has 0 fully saturated rings. The van der Waals surface area contributed by atoms with Gasteiger partial charge in [0.1, 0.15) is 35.2 Å². The standard InChI is InChI=1S/C38H58N2O8/c1-5-7-15-25-17-11-9-13-23(3)36(48-38(40)46)28-21-31(43)34(32(44)22-28)26(16-8-6-2)18-12-10-14-24(4)35(47-37(39)45)27-19-29(41)33(25)30(42)20-27/h19-26,35-36,41-44H,5-18H2,1-4H3,(H2,39,45)(H2,40,46)/t23-,24-,25+,26+,35+,36+/m0/s1. The van der Waals surface area contributed by atoms with Crippen molar-refractivity contribution in [2.45, 2.75) is 142 Å². The fraction of sp³-hybridized carbons (Fsp3) is 0.632. The summed E-state index contributed by atoms with van der Waals surface area (Å²) in [5.74, 6) is -0.636. The summed E-state index contributed by atoms with van der Waals surface area (Å²) in [6.45, 7) is 8.10. The van der Waals surface area contributed by atoms with Gasteiger partial charge in [-0.3, -0.25) is 0 Å². The van der Waals surface area contributed by atoms with Gasteiger partial charge in [-0.2, -0.15) is 0 Å². The SMILES string of the molecule is CCCC[C@@H]1CCCC[C@H](C)[C@@H](OC(N)=O)c2cc(O)c(c(O)c2)[C@H](CCCC)CCCC[C@H](C)[C@@H](OC(N)=O)c2cc(O)c1c(O)c2. The summed E-state index contributed by atoms with van der Waals surface area (Å²) in [4.78, 5) is 23.9. The number of aromatic hydroxyl groups is 4. The number of ether oxygens (including phenoxy) is 2. The Kier molecular flexibility index (Phi) is 15.0. The Morgan fingerprint density at radius 3 is 1.23 bits per heavy atom. The van der Waals surface area contributed by atoms with Crippen molar-refractivity contribution in [3.63, 3.8) is 0 Å². The van der Waals surface area contributed by atoms with Crippen LogP contribution < -0.4 is 11.5 Å². The van der Waals surface area contributed by atoms with Crippen molar-refractivity contribution >= 4 is 12.2 Å². The van der Waals surface area contributed by atoms with Gasteiger partial charge in [0, 0.05) is 22.3 Å². The van der Waals surface area contributed by atoms with Crippen LogP contribution in [0.15, 0.2) is 24.3 Å². The number of unbranched alkanes of at least 4 members (excludes halogenated alkanes) is 2. The van der Waals surface area contributed by atoms with Crippen LogP contribution >= 0.6 is 0 Å². The van der Waals surface area contributed by atoms with Crippen LogP contribution in [0, 0.1) is 11.8 Å². The summed E-state index contributed by atoms with van der Waals surface area (Å²) in [7, 11) is 0. The Hall–Kier alpha value is -3.82. The average molecular weight is 671 g/mol. The maximum absolute atomic E-state index is 12.0. The minimum atomic E-state index is -0.927. The zero-order valence-corrected chi connectivity index (χ0v) is 29.2. The molecule has 268 valence electrons. The third-order valence-electron chi connectivity index (χ3n) is 10.0. The zero-order chi connectivity index (χ0) is 35.4. The summed E-state index contributed by atoms with van der Waals surface area (Å²) in [5.41, 5.74) is 12.9. The molecular weight excluding hydrogens is 612 g/mol. The van der Waals surface area contributed by atoms with Crippen LogP contribution in [0.2, 0.25) is 0 Å². The number of rotatable bonds is 8. The summed E-state index contributed by atoms with van der Waals surface area (Å²) in [6, 6.07) is 6.36. The van der Waals surface area contributed by atoms with E-state index in [1.807, 2.05) is 13.8 Å². The van der Waals surface area contributed by atoms with Gasteiger partial charge in [0.25, 0.3) is 0 Å². The van der Waals surface area contributed by atoms with Crippen molar-refractivity contribution in [1.29, 1.82) is 0 Å². The van der Waals surface area contributed by atoms with Crippen molar-refractivity contribution < 1.29 is 39.5 Å². The third kappa shape index (κ3) is 10.6. The predicted molar refractivity (Wildman–Crippen MR) is 186 cm³/mol. The molecule has 4 bridgehead atoms. The predicted octanol–water partition coefficient (Wildman–Crippen LogP) is 9.44. The molecule has 6 atom stereocenters. The molecular formula is C38H58N2O8. The number of phenolic OH excluding ortho intramolecular Hbond substituents is 4. The lowest BCUT2D eigenvalue weighted by atomic mass is 9.83. The molecule has 2 amide bonds. The van der Waals surface area contributed by atoms with Crippen molar-refractivity contribution in [2.75, 3.05) is 0 Å². The molecule has 0 radical (unpaired) electrons. The lowest BCUT2D eigenvalue weighted by Gasteiger charge is -2.28. The molecule has 8 N–H and O–H groups in total. The molecule has 10 nitrogen and oxygen atoms in total. The van der Waals surface area contributed by atoms with Crippen LogP contribution in [0.3, 0.4) is 0 Å². The van der Waals surface area contributed by atoms with Crippen molar-refractivity contribution in [1.82, 2.24) is 0 Å². The van der Waals surface area contributed by atoms with E-state index in [1.165, 1.54) is 0 Å². The van der Waals surface area contributed by atoms with Gasteiger partial charge in [-0.1, -0.05) is 79.1 Å². The number of phenols is 4. The third-order valence-corrected chi connectivity index (χ3v) is 10.0. The molecule has 4 aliphatic rings. The van der Waals surface area contributed by atoms with Gasteiger partial charge in [0.15, 0.2) is 0 Å². The fourth-order valence-corrected chi connectivity index (χ4v) is 7.51. The lowest BCUT2D eigenvalue weighted by molar-refractivity contribution is 0.0683. The first-order valence-corrected chi connectivity index (χ1v) is 17.9. The molecule has 0 saturated heterocycles. The highest BCUT2D eigenvalue weighted by atomic mass is 16.6. The normalized spacial score (nSPS) is 24.3. The number of hydrogen-bond donors (Lipinski definition) is 6. The smallest absolute Gasteiger partial charge is 0.405 e. The highest BCUT2D eigenvalue weighted by Crippen LogP contribution is 2.46. The van der Waals surface area contributed by atoms with Crippen molar-refractivity contribution in [2.24, 2.45) is 23.3 Å². The van der Waals surface area contributed by atoms with E-state index >= 15 is 0 Å². The molecule has 0 aromatic heterocycles. The van der Waals surface area contributed by atoms with E-state index in [4.69, 9.17) is 20.9 Å². The molecule has 0 unspecified atom stereocenters. The second-order valence-electron chi connectivity index (χ2n) is 13.9. The van der Waals surface area contributed by atoms with Crippen LogP contribution in [-0.2, 0) is 9.47 Å². The topological polar surface area (TPSA) is 186 Å². The number of primary amides is 2. The summed E-state index contributed by atoms with van der Waals surface area (Å²) >= 11 is 0. The van der Waals surface area contributed by atoms with E-state index in [9.17, 15) is 30.0 Å². The second kappa shape index (κ2) is 18.7. The van der Waals surface area contributed by atoms with Crippen LogP contribution in [0.1, 0.15) is 164 Å². The molecule has 10 heteroatoms. The molecule has 0 saturated carbocycles. The maximum atomic E-state index is 12.0. The molecule has 6 rings (SSSR count). The minimum absolute atomic E-state index is 0.0248. The summed E-state index contributed by atoms with van der Waals surface area (Å²) < 4.78 is 11.1. The van der Waals surface area contributed by atoms with Gasteiger partial charge in [-0.25, -0.2) is 9.59 Å². The lowest BCUT2D eigenvalue weighted by Crippen LogP contribution is -2.22. The number of carbonyl (C=O) groups is 2. The first-order valence-electron chi connectivity index (χ1n) is 17.9. The van der Waals surface area contributed by atoms with Crippen LogP contribution in [-0.4, -0.2) is 32.6 Å². The van der Waals surface area contributed by atoms with Crippen LogP contribution in [0.5, 0.6) is 23.0 Å². The summed E-state index contributed by atoms with van der Waals surface area (Å²) in [5, 5.41) is 45.1. The van der Waals surface area contributed by atoms with Crippen LogP contribution in [0.25, 0.3) is 0 Å². The maximum Gasteiger partial charge on any atom is 0.405 e. The van der Waals surface area contributed by atoms with Crippen LogP contribution in [0.4, 0.5) is 9.59 Å². The van der Waals surface area contributed by atoms with E-state index in [-0.39, 0.29) is 46.7 Å². The Labute approximate surface area is 285 Å². The van der Waals surface area contributed by atoms with E-state index in [0.29, 0.717) is 47.9 Å². The second-order valence-corrected chi connectivity index (χ2v) is 13.9. The van der Waals surface area contributed by atoms with Gasteiger partial charge in [-0.15, -0.1) is 0 Å². The first kappa shape index (κ1) is 38.6. The van der Waals surface area contributed by atoms with Gasteiger partial charge in [-0.05, 0) is 86.5 Å². The highest BCUT2D eigenvalue weighted by Gasteiger charge is 2.30. The molecule has 4 aliphatic carbocycles. The quantitative estimate of drug-likeness (QED) is 0.160. The van der Waals surface area contributed by atoms with Gasteiger partial charge < -0.3 is 41.4 Å². The Morgan fingerprint density at radius 1 is 0.625 bits per heavy atom. The van der Waals surface area contributed by atoms with E-state index in [2.05, 4.69) is 13.8 Å². The number of hydrogen-bond acceptors (Lipinski definition) is 8. The Bertz CT molecular complexity index is 1200. The Morgan fingerprint density at radius 2 is 0.938 bits per heavy atom. The zero-order valence-electron chi connectivity index (χ0n) is 29.2. The van der Waals surface area contributed by atoms with Gasteiger partial charge in [0.05, 0.1) is 0 Å². The highest BCUT2D eigenvalue weighted by molar-refractivity contribution is 5.65. The van der Waals surface area contributed by atoms with Gasteiger partial charge in [0.2, 0.25) is 0 Å². The number of amides is 2. The number of benzene rings is 2. The fourth-order valence-electron chi connectivity index (χ4n) is 7.51. The molecule has 0 spiro atoms. The molecule has 0 aliphatic heterocycles. The average Bonchev–Trinajstić information content (AvgIpc) is 3.01. The Balaban J connectivity index is 2.04. The summed E-state index contributed by atoms with van der Waals surface area (Å²) in [6.07, 6.45) is 7.81. The molecule has 0 heterocycles. The monoisotopic (exact) mass is 670 g/mol. The van der Waals surface area contributed by atoms with Gasteiger partial charge >= 0.3 is 12.2 Å². The van der Waals surface area contributed by atoms with E-state index < -0.39 is 24.4 Å². The minimum Gasteiger partial charge on any atom is -0.508 e. The number of carbonyl (C=O) groups excluding carboxylic acids is 2. The van der Waals surface area contributed by atoms with Crippen molar-refractivity contribution in [3.05, 3.63) is 46.5 Å². The van der Waals surface area contributed by atoms with Crippen molar-refractivity contribution in [3.8, 4) is 23.0 Å². The number of nitrogens with two attached hydrogens (primary N) is 2. The molecule has 2 aromatic rings. The first-order chi connectivity index (χ1) is 22.9. The van der Waals surface area contributed by atoms with E-state index in [0.717, 1.165) is 64.2 Å². The molecule has 2 aromatic carbocycles.